The van der Waals surface area contributed by atoms with Gasteiger partial charge in [0.05, 0.1) is 6.67 Å². The van der Waals surface area contributed by atoms with Crippen LogP contribution in [0.25, 0.3) is 0 Å². The number of rotatable bonds is 1. The van der Waals surface area contributed by atoms with E-state index >= 15 is 0 Å². The molecule has 3 heteroatoms. The van der Waals surface area contributed by atoms with Gasteiger partial charge in [-0.15, -0.1) is 0 Å². The Morgan fingerprint density at radius 1 is 1.64 bits per heavy atom. The molecule has 1 unspecified atom stereocenters. The molecule has 0 aliphatic carbocycles. The highest BCUT2D eigenvalue weighted by Crippen LogP contribution is 2.16. The van der Waals surface area contributed by atoms with E-state index < -0.39 is 6.23 Å². The van der Waals surface area contributed by atoms with Gasteiger partial charge in [-0.1, -0.05) is 0 Å². The van der Waals surface area contributed by atoms with E-state index in [-0.39, 0.29) is 0 Å². The van der Waals surface area contributed by atoms with Crippen molar-refractivity contribution >= 4 is 0 Å². The molecule has 0 aromatic rings. The first-order chi connectivity index (χ1) is 5.15. The number of nitrogens with zero attached hydrogens (tertiary/aromatic N) is 1. The lowest BCUT2D eigenvalue weighted by Crippen LogP contribution is -2.38. The van der Waals surface area contributed by atoms with Crippen LogP contribution in [0.4, 0.5) is 0 Å². The van der Waals surface area contributed by atoms with Crippen molar-refractivity contribution in [1.29, 1.82) is 0 Å². The molecule has 0 spiro atoms. The van der Waals surface area contributed by atoms with Gasteiger partial charge in [0.1, 0.15) is 6.23 Å². The molecular formula is C8H14N2O. The normalized spacial score (nSPS) is 24.7. The van der Waals surface area contributed by atoms with Crippen LogP contribution >= 0.6 is 0 Å². The smallest absolute Gasteiger partial charge is 0.147 e. The Balaban J connectivity index is 2.82. The number of hydrogen-bond donors (Lipinski definition) is 2. The Bertz CT molecular complexity index is 208. The van der Waals surface area contributed by atoms with Gasteiger partial charge in [-0.3, -0.25) is 0 Å². The van der Waals surface area contributed by atoms with Gasteiger partial charge >= 0.3 is 0 Å². The van der Waals surface area contributed by atoms with Crippen LogP contribution in [0, 0.1) is 0 Å². The van der Waals surface area contributed by atoms with Crippen LogP contribution < -0.4 is 5.73 Å². The molecule has 3 nitrogen and oxygen atoms in total. The van der Waals surface area contributed by atoms with Crippen LogP contribution in [0.15, 0.2) is 23.4 Å². The van der Waals surface area contributed by atoms with E-state index in [9.17, 15) is 5.11 Å². The van der Waals surface area contributed by atoms with Crippen LogP contribution in [0.2, 0.25) is 0 Å². The summed E-state index contributed by atoms with van der Waals surface area (Å²) in [6.45, 7) is 4.25. The summed E-state index contributed by atoms with van der Waals surface area (Å²) in [5.41, 5.74) is 7.52. The summed E-state index contributed by atoms with van der Waals surface area (Å²) >= 11 is 0. The fourth-order valence-corrected chi connectivity index (χ4v) is 1.25. The maximum Gasteiger partial charge on any atom is 0.147 e. The van der Waals surface area contributed by atoms with E-state index in [2.05, 4.69) is 0 Å². The SMILES string of the molecule is CC1=CC(O)N(CN)C(C)=C1. The molecule has 0 amide bonds. The standard InChI is InChI=1S/C8H14N2O/c1-6-3-7(2)10(5-9)8(11)4-6/h3-4,8,11H,5,9H2,1-2H3. The summed E-state index contributed by atoms with van der Waals surface area (Å²) in [5.74, 6) is 0. The predicted molar refractivity (Wildman–Crippen MR) is 44.4 cm³/mol. The van der Waals surface area contributed by atoms with Crippen LogP contribution in [0.1, 0.15) is 13.8 Å². The monoisotopic (exact) mass is 154 g/mol. The van der Waals surface area contributed by atoms with E-state index in [1.54, 1.807) is 11.0 Å². The minimum atomic E-state index is -0.551. The lowest BCUT2D eigenvalue weighted by Gasteiger charge is -2.30. The van der Waals surface area contributed by atoms with Gasteiger partial charge in [0, 0.05) is 5.70 Å². The van der Waals surface area contributed by atoms with Crippen molar-refractivity contribution in [2.45, 2.75) is 20.1 Å². The van der Waals surface area contributed by atoms with E-state index in [0.717, 1.165) is 11.3 Å². The molecule has 11 heavy (non-hydrogen) atoms. The topological polar surface area (TPSA) is 49.5 Å². The summed E-state index contributed by atoms with van der Waals surface area (Å²) in [5, 5.41) is 9.44. The van der Waals surface area contributed by atoms with Crippen LogP contribution in [0.5, 0.6) is 0 Å². The highest BCUT2D eigenvalue weighted by molar-refractivity contribution is 5.25. The van der Waals surface area contributed by atoms with E-state index in [0.29, 0.717) is 6.67 Å². The lowest BCUT2D eigenvalue weighted by atomic mass is 10.1. The quantitative estimate of drug-likeness (QED) is 0.574. The number of nitrogens with two attached hydrogens (primary N) is 1. The first-order valence-electron chi connectivity index (χ1n) is 3.66. The number of aliphatic hydroxyl groups is 1. The second-order valence-corrected chi connectivity index (χ2v) is 2.76. The molecular weight excluding hydrogens is 140 g/mol. The molecule has 0 fully saturated rings. The minimum Gasteiger partial charge on any atom is -0.370 e. The van der Waals surface area contributed by atoms with Crippen molar-refractivity contribution < 1.29 is 5.11 Å². The van der Waals surface area contributed by atoms with Gasteiger partial charge < -0.3 is 15.7 Å². The second kappa shape index (κ2) is 3.07. The molecule has 0 saturated heterocycles. The van der Waals surface area contributed by atoms with E-state index in [1.165, 1.54) is 0 Å². The Morgan fingerprint density at radius 3 is 2.73 bits per heavy atom. The zero-order valence-corrected chi connectivity index (χ0v) is 6.91. The summed E-state index contributed by atoms with van der Waals surface area (Å²) in [6.07, 6.45) is 3.23. The fraction of sp³-hybridized carbons (Fsp3) is 0.500. The highest BCUT2D eigenvalue weighted by atomic mass is 16.3. The van der Waals surface area contributed by atoms with Gasteiger partial charge in [0.25, 0.3) is 0 Å². The van der Waals surface area contributed by atoms with Crippen molar-refractivity contribution in [1.82, 2.24) is 4.90 Å². The van der Waals surface area contributed by atoms with Crippen molar-refractivity contribution in [3.63, 3.8) is 0 Å². The zero-order valence-electron chi connectivity index (χ0n) is 6.91. The summed E-state index contributed by atoms with van der Waals surface area (Å²) in [6, 6.07) is 0. The maximum atomic E-state index is 9.44. The third-order valence-corrected chi connectivity index (χ3v) is 1.82. The molecule has 1 rings (SSSR count). The Hall–Kier alpha value is -0.800. The molecule has 0 aromatic heterocycles. The van der Waals surface area contributed by atoms with Crippen molar-refractivity contribution in [2.75, 3.05) is 6.67 Å². The fourth-order valence-electron chi connectivity index (χ4n) is 1.25. The molecule has 0 radical (unpaired) electrons. The third kappa shape index (κ3) is 1.61. The van der Waals surface area contributed by atoms with E-state index in [1.807, 2.05) is 19.9 Å². The van der Waals surface area contributed by atoms with Gasteiger partial charge in [-0.25, -0.2) is 0 Å². The zero-order chi connectivity index (χ0) is 8.43. The third-order valence-electron chi connectivity index (χ3n) is 1.82. The van der Waals surface area contributed by atoms with Crippen molar-refractivity contribution in [3.05, 3.63) is 23.4 Å². The largest absolute Gasteiger partial charge is 0.370 e. The highest BCUT2D eigenvalue weighted by Gasteiger charge is 2.15. The van der Waals surface area contributed by atoms with Crippen LogP contribution in [0.3, 0.4) is 0 Å². The Kier molecular flexibility index (Phi) is 2.31. The molecule has 1 aliphatic rings. The molecule has 0 saturated carbocycles. The van der Waals surface area contributed by atoms with Crippen molar-refractivity contribution in [3.8, 4) is 0 Å². The van der Waals surface area contributed by atoms with Crippen LogP contribution in [-0.4, -0.2) is 22.9 Å². The molecule has 1 heterocycles. The molecule has 0 bridgehead atoms. The molecule has 1 aliphatic heterocycles. The van der Waals surface area contributed by atoms with Crippen LogP contribution in [-0.2, 0) is 0 Å². The summed E-state index contributed by atoms with van der Waals surface area (Å²) < 4.78 is 0. The van der Waals surface area contributed by atoms with Gasteiger partial charge in [-0.05, 0) is 31.6 Å². The average Bonchev–Trinajstić information content (AvgIpc) is 1.85. The molecule has 3 N–H and O–H groups in total. The molecule has 0 aromatic carbocycles. The number of hydrogen-bond acceptors (Lipinski definition) is 3. The predicted octanol–water partition coefficient (Wildman–Crippen LogP) is 0.387. The maximum absolute atomic E-state index is 9.44. The molecule has 1 atom stereocenters. The summed E-state index contributed by atoms with van der Waals surface area (Å²) in [7, 11) is 0. The van der Waals surface area contributed by atoms with Crippen molar-refractivity contribution in [2.24, 2.45) is 5.73 Å². The second-order valence-electron chi connectivity index (χ2n) is 2.76. The average molecular weight is 154 g/mol. The minimum absolute atomic E-state index is 0.354. The van der Waals surface area contributed by atoms with E-state index in [4.69, 9.17) is 5.73 Å². The van der Waals surface area contributed by atoms with Gasteiger partial charge in [0.2, 0.25) is 0 Å². The Labute approximate surface area is 66.8 Å². The summed E-state index contributed by atoms with van der Waals surface area (Å²) in [4.78, 5) is 1.73. The first kappa shape index (κ1) is 8.30. The number of allylic oxidation sites excluding steroid dienone is 3. The molecule has 62 valence electrons. The van der Waals surface area contributed by atoms with Gasteiger partial charge in [0.15, 0.2) is 0 Å². The van der Waals surface area contributed by atoms with Gasteiger partial charge in [-0.2, -0.15) is 0 Å². The Morgan fingerprint density at radius 2 is 2.27 bits per heavy atom. The lowest BCUT2D eigenvalue weighted by molar-refractivity contribution is 0.0680. The number of aliphatic hydroxyl groups excluding tert-OH is 1. The first-order valence-corrected chi connectivity index (χ1v) is 3.66.